The lowest BCUT2D eigenvalue weighted by molar-refractivity contribution is 0.845. The summed E-state index contributed by atoms with van der Waals surface area (Å²) in [4.78, 5) is 4.12. The Labute approximate surface area is 103 Å². The molecule has 17 heavy (non-hydrogen) atoms. The first kappa shape index (κ1) is 11.4. The van der Waals surface area contributed by atoms with Crippen LogP contribution in [0.25, 0.3) is 5.13 Å². The molecule has 0 aromatic carbocycles. The molecule has 2 aromatic rings. The van der Waals surface area contributed by atoms with Crippen LogP contribution in [0.15, 0.2) is 11.6 Å². The van der Waals surface area contributed by atoms with Crippen LogP contribution in [0.5, 0.6) is 0 Å². The fourth-order valence-corrected chi connectivity index (χ4v) is 1.99. The van der Waals surface area contributed by atoms with E-state index in [9.17, 15) is 0 Å². The summed E-state index contributed by atoms with van der Waals surface area (Å²) >= 11 is 1.41. The SMILES string of the molecule is CC(C)Nc1nn(-c2nccs2)c(N)c1C#N. The van der Waals surface area contributed by atoms with Crippen molar-refractivity contribution >= 4 is 23.0 Å². The van der Waals surface area contributed by atoms with Crippen molar-refractivity contribution < 1.29 is 0 Å². The number of nitrogen functional groups attached to an aromatic ring is 1. The maximum absolute atomic E-state index is 9.08. The zero-order valence-electron chi connectivity index (χ0n) is 9.51. The highest BCUT2D eigenvalue weighted by Gasteiger charge is 2.17. The van der Waals surface area contributed by atoms with Gasteiger partial charge in [0.2, 0.25) is 5.13 Å². The van der Waals surface area contributed by atoms with Crippen molar-refractivity contribution in [2.45, 2.75) is 19.9 Å². The van der Waals surface area contributed by atoms with Gasteiger partial charge in [-0.05, 0) is 13.8 Å². The van der Waals surface area contributed by atoms with E-state index in [1.807, 2.05) is 19.2 Å². The van der Waals surface area contributed by atoms with Crippen molar-refractivity contribution in [2.24, 2.45) is 0 Å². The van der Waals surface area contributed by atoms with Gasteiger partial charge in [0.25, 0.3) is 0 Å². The quantitative estimate of drug-likeness (QED) is 0.860. The number of hydrogen-bond donors (Lipinski definition) is 2. The predicted molar refractivity (Wildman–Crippen MR) is 67.1 cm³/mol. The van der Waals surface area contributed by atoms with Crippen LogP contribution in [0.2, 0.25) is 0 Å². The van der Waals surface area contributed by atoms with Gasteiger partial charge in [-0.25, -0.2) is 4.98 Å². The predicted octanol–water partition coefficient (Wildman–Crippen LogP) is 1.60. The second kappa shape index (κ2) is 4.43. The highest BCUT2D eigenvalue weighted by molar-refractivity contribution is 7.12. The molecule has 0 aliphatic rings. The average Bonchev–Trinajstić information content (AvgIpc) is 2.86. The van der Waals surface area contributed by atoms with Crippen molar-refractivity contribution in [3.05, 3.63) is 17.1 Å². The van der Waals surface area contributed by atoms with Gasteiger partial charge < -0.3 is 11.1 Å². The Morgan fingerprint density at radius 3 is 2.88 bits per heavy atom. The molecule has 0 aliphatic heterocycles. The summed E-state index contributed by atoms with van der Waals surface area (Å²) in [5.41, 5.74) is 6.24. The van der Waals surface area contributed by atoms with Crippen LogP contribution >= 0.6 is 11.3 Å². The number of aromatic nitrogens is 3. The third-order valence-electron chi connectivity index (χ3n) is 2.06. The zero-order chi connectivity index (χ0) is 12.4. The van der Waals surface area contributed by atoms with Crippen LogP contribution in [0.4, 0.5) is 11.6 Å². The molecule has 2 rings (SSSR count). The van der Waals surface area contributed by atoms with E-state index >= 15 is 0 Å². The first-order valence-electron chi connectivity index (χ1n) is 5.08. The smallest absolute Gasteiger partial charge is 0.212 e. The van der Waals surface area contributed by atoms with Gasteiger partial charge in [0.15, 0.2) is 5.82 Å². The third-order valence-corrected chi connectivity index (χ3v) is 2.81. The van der Waals surface area contributed by atoms with Gasteiger partial charge in [0.05, 0.1) is 0 Å². The maximum Gasteiger partial charge on any atom is 0.212 e. The molecule has 0 aliphatic carbocycles. The Hall–Kier alpha value is -2.07. The summed E-state index contributed by atoms with van der Waals surface area (Å²) in [5.74, 6) is 0.806. The normalized spacial score (nSPS) is 10.5. The molecule has 7 heteroatoms. The van der Waals surface area contributed by atoms with E-state index in [1.54, 1.807) is 6.20 Å². The molecule has 0 amide bonds. The fraction of sp³-hybridized carbons (Fsp3) is 0.300. The maximum atomic E-state index is 9.08. The first-order chi connectivity index (χ1) is 8.13. The second-order valence-corrected chi connectivity index (χ2v) is 4.62. The van der Waals surface area contributed by atoms with Crippen LogP contribution in [-0.4, -0.2) is 20.8 Å². The zero-order valence-corrected chi connectivity index (χ0v) is 10.3. The topological polar surface area (TPSA) is 92.6 Å². The Morgan fingerprint density at radius 2 is 2.35 bits per heavy atom. The van der Waals surface area contributed by atoms with E-state index < -0.39 is 0 Å². The first-order valence-corrected chi connectivity index (χ1v) is 5.96. The van der Waals surface area contributed by atoms with Crippen LogP contribution in [0.3, 0.4) is 0 Å². The van der Waals surface area contributed by atoms with Crippen LogP contribution in [-0.2, 0) is 0 Å². The van der Waals surface area contributed by atoms with Gasteiger partial charge in [-0.2, -0.15) is 9.94 Å². The molecule has 2 heterocycles. The summed E-state index contributed by atoms with van der Waals surface area (Å²) in [6, 6.07) is 2.24. The Balaban J connectivity index is 2.50. The minimum absolute atomic E-state index is 0.182. The molecule has 2 aromatic heterocycles. The average molecular weight is 248 g/mol. The summed E-state index contributed by atoms with van der Waals surface area (Å²) in [5, 5.41) is 18.9. The summed E-state index contributed by atoms with van der Waals surface area (Å²) in [7, 11) is 0. The number of nitriles is 1. The fourth-order valence-electron chi connectivity index (χ4n) is 1.38. The Bertz CT molecular complexity index is 548. The van der Waals surface area contributed by atoms with E-state index in [0.29, 0.717) is 22.3 Å². The van der Waals surface area contributed by atoms with Crippen molar-refractivity contribution in [1.82, 2.24) is 14.8 Å². The third kappa shape index (κ3) is 2.07. The van der Waals surface area contributed by atoms with Gasteiger partial charge in [-0.3, -0.25) is 0 Å². The molecule has 0 saturated carbocycles. The highest BCUT2D eigenvalue weighted by Crippen LogP contribution is 2.25. The second-order valence-electron chi connectivity index (χ2n) is 3.75. The van der Waals surface area contributed by atoms with E-state index in [0.717, 1.165) is 0 Å². The van der Waals surface area contributed by atoms with Gasteiger partial charge in [0.1, 0.15) is 17.5 Å². The molecule has 3 N–H and O–H groups in total. The molecule has 0 radical (unpaired) electrons. The highest BCUT2D eigenvalue weighted by atomic mass is 32.1. The van der Waals surface area contributed by atoms with Crippen molar-refractivity contribution in [3.63, 3.8) is 0 Å². The van der Waals surface area contributed by atoms with Gasteiger partial charge in [-0.15, -0.1) is 16.4 Å². The van der Waals surface area contributed by atoms with Crippen LogP contribution < -0.4 is 11.1 Å². The van der Waals surface area contributed by atoms with E-state index in [2.05, 4.69) is 21.5 Å². The van der Waals surface area contributed by atoms with E-state index in [-0.39, 0.29) is 6.04 Å². The standard InChI is InChI=1S/C10H12N6S/c1-6(2)14-9-7(5-11)8(12)16(15-9)10-13-3-4-17-10/h3-4,6H,12H2,1-2H3,(H,14,15). The monoisotopic (exact) mass is 248 g/mol. The number of nitrogens with zero attached hydrogens (tertiary/aromatic N) is 4. The molecule has 88 valence electrons. The molecule has 0 fully saturated rings. The lowest BCUT2D eigenvalue weighted by Crippen LogP contribution is -2.11. The number of nitrogens with two attached hydrogens (primary N) is 1. The summed E-state index contributed by atoms with van der Waals surface area (Å²) in [6.07, 6.45) is 1.67. The van der Waals surface area contributed by atoms with Gasteiger partial charge >= 0.3 is 0 Å². The van der Waals surface area contributed by atoms with Crippen molar-refractivity contribution in [3.8, 4) is 11.2 Å². The van der Waals surface area contributed by atoms with Gasteiger partial charge in [-0.1, -0.05) is 0 Å². The van der Waals surface area contributed by atoms with Crippen LogP contribution in [0.1, 0.15) is 19.4 Å². The minimum atomic E-state index is 0.182. The molecular weight excluding hydrogens is 236 g/mol. The van der Waals surface area contributed by atoms with Crippen LogP contribution in [0, 0.1) is 11.3 Å². The molecule has 0 unspecified atom stereocenters. The van der Waals surface area contributed by atoms with E-state index in [4.69, 9.17) is 11.0 Å². The molecular formula is C10H12N6S. The lowest BCUT2D eigenvalue weighted by atomic mass is 10.3. The molecule has 0 saturated heterocycles. The number of hydrogen-bond acceptors (Lipinski definition) is 6. The van der Waals surface area contributed by atoms with Crippen molar-refractivity contribution in [1.29, 1.82) is 5.26 Å². The summed E-state index contributed by atoms with van der Waals surface area (Å²) < 4.78 is 1.48. The summed E-state index contributed by atoms with van der Waals surface area (Å²) in [6.45, 7) is 3.94. The minimum Gasteiger partial charge on any atom is -0.382 e. The Morgan fingerprint density at radius 1 is 1.59 bits per heavy atom. The van der Waals surface area contributed by atoms with E-state index in [1.165, 1.54) is 16.0 Å². The number of nitrogens with one attached hydrogen (secondary N) is 1. The Kier molecular flexibility index (Phi) is 2.97. The number of thiazole rings is 1. The van der Waals surface area contributed by atoms with Gasteiger partial charge in [0, 0.05) is 17.6 Å². The number of rotatable bonds is 3. The molecule has 6 nitrogen and oxygen atoms in total. The lowest BCUT2D eigenvalue weighted by Gasteiger charge is -2.05. The molecule has 0 bridgehead atoms. The number of anilines is 2. The van der Waals surface area contributed by atoms with Crippen molar-refractivity contribution in [2.75, 3.05) is 11.1 Å². The largest absolute Gasteiger partial charge is 0.382 e. The molecule has 0 atom stereocenters. The molecule has 0 spiro atoms.